The highest BCUT2D eigenvalue weighted by Gasteiger charge is 2.31. The largest absolute Gasteiger partial charge is 0.508 e. The molecule has 0 unspecified atom stereocenters. The highest BCUT2D eigenvalue weighted by molar-refractivity contribution is 7.12. The summed E-state index contributed by atoms with van der Waals surface area (Å²) in [6, 6.07) is 10.8. The molecule has 4 nitrogen and oxygen atoms in total. The first kappa shape index (κ1) is 12.9. The van der Waals surface area contributed by atoms with Crippen LogP contribution in [0.4, 0.5) is 0 Å². The number of phenols is 1. The Kier molecular flexibility index (Phi) is 3.28. The Bertz CT molecular complexity index is 664. The Morgan fingerprint density at radius 3 is 2.90 bits per heavy atom. The highest BCUT2D eigenvalue weighted by atomic mass is 32.1. The van der Waals surface area contributed by atoms with Crippen LogP contribution in [0.15, 0.2) is 46.9 Å². The summed E-state index contributed by atoms with van der Waals surface area (Å²) in [6.45, 7) is 1.51. The summed E-state index contributed by atoms with van der Waals surface area (Å²) in [5, 5.41) is 17.6. The van der Waals surface area contributed by atoms with Crippen molar-refractivity contribution in [2.24, 2.45) is 5.10 Å². The summed E-state index contributed by atoms with van der Waals surface area (Å²) in [5.74, 6) is 0.112. The molecule has 0 spiro atoms. The van der Waals surface area contributed by atoms with Gasteiger partial charge in [-0.25, -0.2) is 5.01 Å². The van der Waals surface area contributed by atoms with Gasteiger partial charge in [-0.1, -0.05) is 18.2 Å². The Labute approximate surface area is 121 Å². The lowest BCUT2D eigenvalue weighted by Crippen LogP contribution is -2.24. The Balaban J connectivity index is 1.95. The Hall–Kier alpha value is -2.14. The number of benzene rings is 1. The molecule has 1 aromatic heterocycles. The predicted molar refractivity (Wildman–Crippen MR) is 78.8 cm³/mol. The molecule has 0 saturated carbocycles. The molecule has 2 aromatic rings. The van der Waals surface area contributed by atoms with Gasteiger partial charge in [-0.15, -0.1) is 11.3 Å². The molecule has 5 heteroatoms. The molecule has 1 atom stereocenters. The first-order valence-electron chi connectivity index (χ1n) is 6.35. The quantitative estimate of drug-likeness (QED) is 0.922. The molecule has 2 heterocycles. The minimum atomic E-state index is -0.142. The van der Waals surface area contributed by atoms with Crippen LogP contribution in [-0.4, -0.2) is 21.7 Å². The van der Waals surface area contributed by atoms with E-state index in [4.69, 9.17) is 0 Å². The fourth-order valence-corrected chi connectivity index (χ4v) is 3.10. The Morgan fingerprint density at radius 2 is 2.25 bits per heavy atom. The number of carbonyl (C=O) groups excluding carboxylic acids is 1. The Morgan fingerprint density at radius 1 is 1.40 bits per heavy atom. The third-order valence-electron chi connectivity index (χ3n) is 3.29. The summed E-state index contributed by atoms with van der Waals surface area (Å²) >= 11 is 1.62. The average Bonchev–Trinajstić information content (AvgIpc) is 3.08. The molecule has 20 heavy (non-hydrogen) atoms. The molecule has 0 aliphatic carbocycles. The van der Waals surface area contributed by atoms with E-state index >= 15 is 0 Å². The van der Waals surface area contributed by atoms with Gasteiger partial charge in [0.2, 0.25) is 5.91 Å². The molecule has 3 rings (SSSR count). The molecule has 102 valence electrons. The number of aromatic hydroxyl groups is 1. The van der Waals surface area contributed by atoms with Crippen molar-refractivity contribution in [3.8, 4) is 5.75 Å². The van der Waals surface area contributed by atoms with Gasteiger partial charge in [0, 0.05) is 13.3 Å². The van der Waals surface area contributed by atoms with Crippen LogP contribution in [0.1, 0.15) is 29.8 Å². The zero-order chi connectivity index (χ0) is 14.1. The first-order valence-corrected chi connectivity index (χ1v) is 7.23. The van der Waals surface area contributed by atoms with Crippen LogP contribution in [-0.2, 0) is 4.79 Å². The van der Waals surface area contributed by atoms with Gasteiger partial charge < -0.3 is 5.11 Å². The van der Waals surface area contributed by atoms with Crippen molar-refractivity contribution in [2.45, 2.75) is 19.4 Å². The van der Waals surface area contributed by atoms with E-state index in [1.807, 2.05) is 23.6 Å². The highest BCUT2D eigenvalue weighted by Crippen LogP contribution is 2.34. The predicted octanol–water partition coefficient (Wildman–Crippen LogP) is 3.15. The summed E-state index contributed by atoms with van der Waals surface area (Å²) < 4.78 is 0. The lowest BCUT2D eigenvalue weighted by molar-refractivity contribution is -0.130. The van der Waals surface area contributed by atoms with Gasteiger partial charge in [0.15, 0.2) is 0 Å². The van der Waals surface area contributed by atoms with Gasteiger partial charge in [-0.3, -0.25) is 4.79 Å². The van der Waals surface area contributed by atoms with Crippen LogP contribution in [0.2, 0.25) is 0 Å². The molecular weight excluding hydrogens is 272 g/mol. The molecule has 0 radical (unpaired) electrons. The zero-order valence-corrected chi connectivity index (χ0v) is 11.8. The molecule has 1 aliphatic rings. The molecular formula is C15H14N2O2S. The first-order chi connectivity index (χ1) is 9.65. The van der Waals surface area contributed by atoms with Crippen molar-refractivity contribution < 1.29 is 9.90 Å². The number of thiophene rings is 1. The van der Waals surface area contributed by atoms with E-state index in [-0.39, 0.29) is 17.7 Å². The van der Waals surface area contributed by atoms with Gasteiger partial charge in [0.1, 0.15) is 5.75 Å². The van der Waals surface area contributed by atoms with Crippen LogP contribution in [0.25, 0.3) is 0 Å². The third-order valence-corrected chi connectivity index (χ3v) is 4.21. The van der Waals surface area contributed by atoms with Crippen LogP contribution in [0.5, 0.6) is 5.75 Å². The van der Waals surface area contributed by atoms with Gasteiger partial charge >= 0.3 is 0 Å². The standard InChI is InChI=1S/C15H14N2O2S/c1-10(18)17-14(11-4-2-5-12(19)8-11)9-13(16-17)15-6-3-7-20-15/h2-8,14,19H,9H2,1H3/t14-/m0/s1. The molecule has 1 N–H and O–H groups in total. The summed E-state index contributed by atoms with van der Waals surface area (Å²) in [5.41, 5.74) is 1.82. The van der Waals surface area contributed by atoms with Gasteiger partial charge in [-0.05, 0) is 29.1 Å². The summed E-state index contributed by atoms with van der Waals surface area (Å²) in [7, 11) is 0. The van der Waals surface area contributed by atoms with Gasteiger partial charge in [-0.2, -0.15) is 5.10 Å². The minimum Gasteiger partial charge on any atom is -0.508 e. The maximum atomic E-state index is 11.8. The van der Waals surface area contributed by atoms with Crippen molar-refractivity contribution in [1.82, 2.24) is 5.01 Å². The van der Waals surface area contributed by atoms with E-state index in [9.17, 15) is 9.90 Å². The zero-order valence-electron chi connectivity index (χ0n) is 11.0. The normalized spacial score (nSPS) is 18.1. The van der Waals surface area contributed by atoms with Crippen LogP contribution in [0.3, 0.4) is 0 Å². The smallest absolute Gasteiger partial charge is 0.240 e. The lowest BCUT2D eigenvalue weighted by Gasteiger charge is -2.20. The number of phenolic OH excluding ortho intramolecular Hbond substituents is 1. The van der Waals surface area contributed by atoms with Gasteiger partial charge in [0.05, 0.1) is 16.6 Å². The molecule has 1 aromatic carbocycles. The number of nitrogens with zero attached hydrogens (tertiary/aromatic N) is 2. The van der Waals surface area contributed by atoms with E-state index in [0.29, 0.717) is 6.42 Å². The SMILES string of the molecule is CC(=O)N1N=C(c2cccs2)C[C@H]1c1cccc(O)c1. The van der Waals surface area contributed by atoms with Crippen LogP contribution in [0, 0.1) is 0 Å². The number of carbonyl (C=O) groups is 1. The maximum absolute atomic E-state index is 11.8. The molecule has 1 amide bonds. The molecule has 0 saturated heterocycles. The van der Waals surface area contributed by atoms with Gasteiger partial charge in [0.25, 0.3) is 0 Å². The maximum Gasteiger partial charge on any atom is 0.240 e. The average molecular weight is 286 g/mol. The van der Waals surface area contributed by atoms with Crippen molar-refractivity contribution in [2.75, 3.05) is 0 Å². The second kappa shape index (κ2) is 5.09. The van der Waals surface area contributed by atoms with Crippen molar-refractivity contribution in [3.05, 3.63) is 52.2 Å². The number of hydrogen-bond donors (Lipinski definition) is 1. The third kappa shape index (κ3) is 2.32. The van der Waals surface area contributed by atoms with E-state index in [1.165, 1.54) is 11.9 Å². The number of amides is 1. The second-order valence-electron chi connectivity index (χ2n) is 4.70. The summed E-state index contributed by atoms with van der Waals surface area (Å²) in [4.78, 5) is 12.9. The minimum absolute atomic E-state index is 0.0927. The molecule has 0 bridgehead atoms. The van der Waals surface area contributed by atoms with E-state index in [1.54, 1.807) is 29.5 Å². The van der Waals surface area contributed by atoms with Crippen LogP contribution < -0.4 is 0 Å². The number of hydrogen-bond acceptors (Lipinski definition) is 4. The van der Waals surface area contributed by atoms with E-state index in [2.05, 4.69) is 5.10 Å². The van der Waals surface area contributed by atoms with Crippen LogP contribution >= 0.6 is 11.3 Å². The van der Waals surface area contributed by atoms with Crippen molar-refractivity contribution in [1.29, 1.82) is 0 Å². The molecule has 0 fully saturated rings. The van der Waals surface area contributed by atoms with Crippen molar-refractivity contribution >= 4 is 23.0 Å². The fourth-order valence-electron chi connectivity index (χ4n) is 2.38. The number of hydrazone groups is 1. The topological polar surface area (TPSA) is 52.9 Å². The van der Waals surface area contributed by atoms with Crippen molar-refractivity contribution in [3.63, 3.8) is 0 Å². The van der Waals surface area contributed by atoms with E-state index < -0.39 is 0 Å². The molecule has 1 aliphatic heterocycles. The second-order valence-corrected chi connectivity index (χ2v) is 5.65. The summed E-state index contributed by atoms with van der Waals surface area (Å²) in [6.07, 6.45) is 0.670. The monoisotopic (exact) mass is 286 g/mol. The fraction of sp³-hybridized carbons (Fsp3) is 0.200. The van der Waals surface area contributed by atoms with E-state index in [0.717, 1.165) is 16.2 Å². The number of rotatable bonds is 2. The lowest BCUT2D eigenvalue weighted by atomic mass is 10.0.